The number of aromatic nitrogens is 2. The molecule has 6 heteroatoms. The molecule has 0 aliphatic rings. The van der Waals surface area contributed by atoms with Gasteiger partial charge in [-0.25, -0.2) is 4.98 Å². The predicted molar refractivity (Wildman–Crippen MR) is 109 cm³/mol. The van der Waals surface area contributed by atoms with Crippen LogP contribution in [-0.4, -0.2) is 15.5 Å². The van der Waals surface area contributed by atoms with Crippen molar-refractivity contribution in [1.82, 2.24) is 14.9 Å². The molecule has 28 heavy (non-hydrogen) atoms. The number of nitrogens with one attached hydrogen (secondary N) is 1. The lowest BCUT2D eigenvalue weighted by Gasteiger charge is -2.23. The third-order valence-corrected chi connectivity index (χ3v) is 4.89. The number of rotatable bonds is 5. The second kappa shape index (κ2) is 7.45. The molecule has 1 unspecified atom stereocenters. The molecular formula is C22H25N5O. The molecule has 3 N–H and O–H groups in total. The van der Waals surface area contributed by atoms with E-state index in [1.807, 2.05) is 45.9 Å². The van der Waals surface area contributed by atoms with Crippen LogP contribution in [0.25, 0.3) is 11.0 Å². The van der Waals surface area contributed by atoms with Crippen LogP contribution < -0.4 is 11.1 Å². The van der Waals surface area contributed by atoms with Gasteiger partial charge in [-0.05, 0) is 56.5 Å². The van der Waals surface area contributed by atoms with Crippen molar-refractivity contribution < 1.29 is 4.79 Å². The van der Waals surface area contributed by atoms with Crippen LogP contribution in [0.1, 0.15) is 49.1 Å². The molecule has 0 aliphatic carbocycles. The summed E-state index contributed by atoms with van der Waals surface area (Å²) in [7, 11) is 0. The van der Waals surface area contributed by atoms with Crippen LogP contribution in [0, 0.1) is 18.3 Å². The first-order valence-corrected chi connectivity index (χ1v) is 9.24. The van der Waals surface area contributed by atoms with E-state index in [0.29, 0.717) is 16.6 Å². The number of carbonyl (C=O) groups excluding carboxylic acids is 1. The second-order valence-electron chi connectivity index (χ2n) is 7.74. The Morgan fingerprint density at radius 2 is 2.11 bits per heavy atom. The molecule has 0 aliphatic heterocycles. The Bertz CT molecular complexity index is 1070. The van der Waals surface area contributed by atoms with E-state index in [0.717, 1.165) is 16.7 Å². The minimum atomic E-state index is -0.407. The van der Waals surface area contributed by atoms with Gasteiger partial charge in [0.05, 0.1) is 29.0 Å². The van der Waals surface area contributed by atoms with E-state index < -0.39 is 5.54 Å². The molecule has 3 aromatic rings. The van der Waals surface area contributed by atoms with E-state index in [1.54, 1.807) is 23.0 Å². The maximum Gasteiger partial charge on any atom is 0.240 e. The molecule has 0 radical (unpaired) electrons. The zero-order valence-corrected chi connectivity index (χ0v) is 16.7. The molecule has 1 atom stereocenters. The summed E-state index contributed by atoms with van der Waals surface area (Å²) in [5.74, 6) is -0.138. The second-order valence-corrected chi connectivity index (χ2v) is 7.74. The smallest absolute Gasteiger partial charge is 0.240 e. The summed E-state index contributed by atoms with van der Waals surface area (Å²) in [5.41, 5.74) is 10.9. The van der Waals surface area contributed by atoms with Crippen LogP contribution in [0.15, 0.2) is 42.7 Å². The van der Waals surface area contributed by atoms with Gasteiger partial charge in [0.2, 0.25) is 5.91 Å². The highest BCUT2D eigenvalue weighted by atomic mass is 16.2. The molecule has 0 bridgehead atoms. The number of hydrogen-bond donors (Lipinski definition) is 2. The molecule has 0 saturated carbocycles. The number of nitriles is 1. The Hall–Kier alpha value is -3.17. The van der Waals surface area contributed by atoms with Crippen LogP contribution in [0.2, 0.25) is 0 Å². The molecule has 0 saturated heterocycles. The van der Waals surface area contributed by atoms with Crippen molar-refractivity contribution in [3.05, 3.63) is 65.0 Å². The lowest BCUT2D eigenvalue weighted by Crippen LogP contribution is -2.31. The van der Waals surface area contributed by atoms with Crippen molar-refractivity contribution in [2.24, 2.45) is 5.73 Å². The standard InChI is InChI=1S/C22H25N5O/c1-14-10-16(8-9-18(14)22(3,4)24)15(2)26-20(28)12-27-13-25-19-7-5-6-17(11-23)21(19)27/h5-10,13,15H,12,24H2,1-4H3,(H,26,28). The van der Waals surface area contributed by atoms with Gasteiger partial charge in [0.1, 0.15) is 12.6 Å². The summed E-state index contributed by atoms with van der Waals surface area (Å²) in [6.45, 7) is 8.04. The minimum absolute atomic E-state index is 0.104. The van der Waals surface area contributed by atoms with Gasteiger partial charge in [-0.15, -0.1) is 0 Å². The Labute approximate surface area is 165 Å². The third kappa shape index (κ3) is 3.90. The molecule has 2 aromatic carbocycles. The summed E-state index contributed by atoms with van der Waals surface area (Å²) in [4.78, 5) is 16.9. The zero-order valence-electron chi connectivity index (χ0n) is 16.7. The van der Waals surface area contributed by atoms with Gasteiger partial charge in [-0.3, -0.25) is 4.79 Å². The van der Waals surface area contributed by atoms with E-state index >= 15 is 0 Å². The molecule has 6 nitrogen and oxygen atoms in total. The average Bonchev–Trinajstić information content (AvgIpc) is 3.03. The van der Waals surface area contributed by atoms with Crippen molar-refractivity contribution in [3.63, 3.8) is 0 Å². The number of hydrogen-bond acceptors (Lipinski definition) is 4. The zero-order chi connectivity index (χ0) is 20.5. The maximum absolute atomic E-state index is 12.6. The quantitative estimate of drug-likeness (QED) is 0.715. The molecule has 1 amide bonds. The van der Waals surface area contributed by atoms with Crippen LogP contribution in [-0.2, 0) is 16.9 Å². The molecule has 1 aromatic heterocycles. The molecule has 0 fully saturated rings. The summed E-state index contributed by atoms with van der Waals surface area (Å²) in [6.07, 6.45) is 1.60. The highest BCUT2D eigenvalue weighted by Gasteiger charge is 2.18. The number of fused-ring (bicyclic) bond motifs is 1. The first-order valence-electron chi connectivity index (χ1n) is 9.24. The van der Waals surface area contributed by atoms with E-state index in [9.17, 15) is 10.1 Å². The van der Waals surface area contributed by atoms with Crippen molar-refractivity contribution in [2.75, 3.05) is 0 Å². The maximum atomic E-state index is 12.6. The van der Waals surface area contributed by atoms with Gasteiger partial charge >= 0.3 is 0 Å². The first kappa shape index (κ1) is 19.6. The lowest BCUT2D eigenvalue weighted by atomic mass is 9.89. The number of amides is 1. The lowest BCUT2D eigenvalue weighted by molar-refractivity contribution is -0.122. The summed E-state index contributed by atoms with van der Waals surface area (Å²) >= 11 is 0. The van der Waals surface area contributed by atoms with Crippen LogP contribution in [0.3, 0.4) is 0 Å². The van der Waals surface area contributed by atoms with Crippen molar-refractivity contribution in [3.8, 4) is 6.07 Å². The third-order valence-electron chi connectivity index (χ3n) is 4.89. The van der Waals surface area contributed by atoms with Crippen LogP contribution >= 0.6 is 0 Å². The Morgan fingerprint density at radius 3 is 2.75 bits per heavy atom. The van der Waals surface area contributed by atoms with Crippen molar-refractivity contribution in [1.29, 1.82) is 5.26 Å². The Kier molecular flexibility index (Phi) is 5.21. The number of carbonyl (C=O) groups is 1. The largest absolute Gasteiger partial charge is 0.348 e. The number of imidazole rings is 1. The van der Waals surface area contributed by atoms with Gasteiger partial charge in [-0.2, -0.15) is 5.26 Å². The topological polar surface area (TPSA) is 96.7 Å². The fourth-order valence-corrected chi connectivity index (χ4v) is 3.54. The predicted octanol–water partition coefficient (Wildman–Crippen LogP) is 3.29. The Morgan fingerprint density at radius 1 is 1.36 bits per heavy atom. The molecular weight excluding hydrogens is 350 g/mol. The normalized spacial score (nSPS) is 12.6. The summed E-state index contributed by atoms with van der Waals surface area (Å²) < 4.78 is 1.71. The van der Waals surface area contributed by atoms with Gasteiger partial charge in [0, 0.05) is 5.54 Å². The summed E-state index contributed by atoms with van der Waals surface area (Å²) in [6, 6.07) is 13.4. The summed E-state index contributed by atoms with van der Waals surface area (Å²) in [5, 5.41) is 12.3. The Balaban J connectivity index is 1.75. The van der Waals surface area contributed by atoms with Crippen LogP contribution in [0.5, 0.6) is 0 Å². The van der Waals surface area contributed by atoms with Gasteiger partial charge < -0.3 is 15.6 Å². The average molecular weight is 375 g/mol. The van der Waals surface area contributed by atoms with Crippen molar-refractivity contribution >= 4 is 16.9 Å². The molecule has 1 heterocycles. The number of nitrogens with zero attached hydrogens (tertiary/aromatic N) is 3. The van der Waals surface area contributed by atoms with Crippen LogP contribution in [0.4, 0.5) is 0 Å². The molecule has 0 spiro atoms. The van der Waals surface area contributed by atoms with Gasteiger partial charge in [0.25, 0.3) is 0 Å². The first-order chi connectivity index (χ1) is 13.2. The molecule has 144 valence electrons. The number of benzene rings is 2. The van der Waals surface area contributed by atoms with E-state index in [-0.39, 0.29) is 18.5 Å². The monoisotopic (exact) mass is 375 g/mol. The van der Waals surface area contributed by atoms with Crippen molar-refractivity contribution in [2.45, 2.75) is 45.8 Å². The van der Waals surface area contributed by atoms with Gasteiger partial charge in [0.15, 0.2) is 0 Å². The SMILES string of the molecule is Cc1cc(C(C)NC(=O)Cn2cnc3cccc(C#N)c32)ccc1C(C)(C)N. The molecule has 3 rings (SSSR count). The number of aryl methyl sites for hydroxylation is 1. The van der Waals surface area contributed by atoms with E-state index in [1.165, 1.54) is 0 Å². The number of para-hydroxylation sites is 1. The fraction of sp³-hybridized carbons (Fsp3) is 0.318. The van der Waals surface area contributed by atoms with E-state index in [4.69, 9.17) is 5.73 Å². The van der Waals surface area contributed by atoms with E-state index in [2.05, 4.69) is 22.4 Å². The van der Waals surface area contributed by atoms with Gasteiger partial charge in [-0.1, -0.05) is 24.3 Å². The highest BCUT2D eigenvalue weighted by molar-refractivity contribution is 5.84. The fourth-order valence-electron chi connectivity index (χ4n) is 3.54. The number of nitrogens with two attached hydrogens (primary N) is 1. The minimum Gasteiger partial charge on any atom is -0.348 e. The highest BCUT2D eigenvalue weighted by Crippen LogP contribution is 2.24.